The smallest absolute Gasteiger partial charge is 0.225 e. The third-order valence-corrected chi connectivity index (χ3v) is 4.05. The molecule has 1 fully saturated rings. The quantitative estimate of drug-likeness (QED) is 0.866. The van der Waals surface area contributed by atoms with Crippen LogP contribution in [0.3, 0.4) is 0 Å². The van der Waals surface area contributed by atoms with Crippen LogP contribution in [-0.2, 0) is 11.2 Å². The van der Waals surface area contributed by atoms with E-state index < -0.39 is 0 Å². The SMILES string of the molecule is CC1(C(=O)NCCc2ccccc2)CCCCC1. The molecule has 1 aliphatic carbocycles. The highest BCUT2D eigenvalue weighted by Gasteiger charge is 2.33. The summed E-state index contributed by atoms with van der Waals surface area (Å²) in [5.41, 5.74) is 1.17. The Balaban J connectivity index is 1.78. The number of carbonyl (C=O) groups excluding carboxylic acids is 1. The molecule has 2 nitrogen and oxygen atoms in total. The summed E-state index contributed by atoms with van der Waals surface area (Å²) in [7, 11) is 0. The zero-order valence-corrected chi connectivity index (χ0v) is 11.2. The zero-order valence-electron chi connectivity index (χ0n) is 11.2. The van der Waals surface area contributed by atoms with Crippen LogP contribution >= 0.6 is 0 Å². The molecule has 0 radical (unpaired) electrons. The minimum atomic E-state index is -0.116. The van der Waals surface area contributed by atoms with Crippen molar-refractivity contribution in [3.05, 3.63) is 35.9 Å². The molecule has 1 aliphatic rings. The molecule has 1 amide bonds. The predicted molar refractivity (Wildman–Crippen MR) is 74.3 cm³/mol. The Hall–Kier alpha value is -1.31. The molecule has 1 aromatic carbocycles. The molecule has 18 heavy (non-hydrogen) atoms. The molecule has 0 bridgehead atoms. The van der Waals surface area contributed by atoms with Gasteiger partial charge >= 0.3 is 0 Å². The van der Waals surface area contributed by atoms with Gasteiger partial charge in [0.1, 0.15) is 0 Å². The van der Waals surface area contributed by atoms with Crippen LogP contribution in [0.5, 0.6) is 0 Å². The summed E-state index contributed by atoms with van der Waals surface area (Å²) in [6, 6.07) is 10.3. The molecule has 2 heteroatoms. The second kappa shape index (κ2) is 6.03. The third kappa shape index (κ3) is 3.34. The van der Waals surface area contributed by atoms with Gasteiger partial charge in [-0.25, -0.2) is 0 Å². The molecule has 1 N–H and O–H groups in total. The highest BCUT2D eigenvalue weighted by atomic mass is 16.2. The molecule has 0 atom stereocenters. The molecule has 0 spiro atoms. The van der Waals surface area contributed by atoms with Gasteiger partial charge in [-0.1, -0.05) is 56.5 Å². The van der Waals surface area contributed by atoms with E-state index in [1.165, 1.54) is 24.8 Å². The van der Waals surface area contributed by atoms with Crippen LogP contribution in [0.2, 0.25) is 0 Å². The van der Waals surface area contributed by atoms with Crippen molar-refractivity contribution in [3.63, 3.8) is 0 Å². The lowest BCUT2D eigenvalue weighted by Crippen LogP contribution is -2.41. The van der Waals surface area contributed by atoms with Crippen LogP contribution in [-0.4, -0.2) is 12.5 Å². The second-order valence-electron chi connectivity index (χ2n) is 5.61. The fourth-order valence-corrected chi connectivity index (χ4v) is 2.74. The third-order valence-electron chi connectivity index (χ3n) is 4.05. The Morgan fingerprint density at radius 3 is 2.50 bits per heavy atom. The maximum atomic E-state index is 12.2. The summed E-state index contributed by atoms with van der Waals surface area (Å²) in [5, 5.41) is 3.10. The number of rotatable bonds is 4. The Morgan fingerprint density at radius 2 is 1.83 bits per heavy atom. The minimum Gasteiger partial charge on any atom is -0.355 e. The number of amides is 1. The molecule has 1 aromatic rings. The summed E-state index contributed by atoms with van der Waals surface area (Å²) in [4.78, 5) is 12.2. The first-order chi connectivity index (χ1) is 8.71. The van der Waals surface area contributed by atoms with E-state index in [0.29, 0.717) is 0 Å². The first-order valence-electron chi connectivity index (χ1n) is 7.03. The first kappa shape index (κ1) is 13.1. The maximum Gasteiger partial charge on any atom is 0.225 e. The van der Waals surface area contributed by atoms with Crippen LogP contribution in [0, 0.1) is 5.41 Å². The van der Waals surface area contributed by atoms with Crippen molar-refractivity contribution in [1.82, 2.24) is 5.32 Å². The summed E-state index contributed by atoms with van der Waals surface area (Å²) in [6.45, 7) is 2.86. The lowest BCUT2D eigenvalue weighted by Gasteiger charge is -2.32. The maximum absolute atomic E-state index is 12.2. The standard InChI is InChI=1S/C16H23NO/c1-16(11-6-3-7-12-16)15(18)17-13-10-14-8-4-2-5-9-14/h2,4-5,8-9H,3,6-7,10-13H2,1H3,(H,17,18). The summed E-state index contributed by atoms with van der Waals surface area (Å²) < 4.78 is 0. The highest BCUT2D eigenvalue weighted by molar-refractivity contribution is 5.82. The Labute approximate surface area is 110 Å². The molecule has 0 unspecified atom stereocenters. The van der Waals surface area contributed by atoms with Crippen molar-refractivity contribution in [2.24, 2.45) is 5.41 Å². The van der Waals surface area contributed by atoms with Crippen molar-refractivity contribution in [2.45, 2.75) is 45.4 Å². The molecule has 2 rings (SSSR count). The van der Waals surface area contributed by atoms with Crippen molar-refractivity contribution in [2.75, 3.05) is 6.54 Å². The Bertz CT molecular complexity index is 379. The van der Waals surface area contributed by atoms with Crippen LogP contribution in [0.15, 0.2) is 30.3 Å². The summed E-state index contributed by atoms with van der Waals surface area (Å²) in [5.74, 6) is 0.248. The van der Waals surface area contributed by atoms with Crippen molar-refractivity contribution >= 4 is 5.91 Å². The number of benzene rings is 1. The molecular formula is C16H23NO. The molecule has 0 aliphatic heterocycles. The van der Waals surface area contributed by atoms with Gasteiger partial charge in [0.05, 0.1) is 0 Å². The Morgan fingerprint density at radius 1 is 1.17 bits per heavy atom. The van der Waals surface area contributed by atoms with Gasteiger partial charge in [0, 0.05) is 12.0 Å². The van der Waals surface area contributed by atoms with E-state index in [2.05, 4.69) is 24.4 Å². The molecule has 0 saturated heterocycles. The fraction of sp³-hybridized carbons (Fsp3) is 0.562. The Kier molecular flexibility index (Phi) is 4.40. The van der Waals surface area contributed by atoms with Gasteiger partial charge in [-0.15, -0.1) is 0 Å². The lowest BCUT2D eigenvalue weighted by atomic mass is 9.75. The van der Waals surface area contributed by atoms with Gasteiger partial charge in [-0.05, 0) is 24.8 Å². The average molecular weight is 245 g/mol. The van der Waals surface area contributed by atoms with Gasteiger partial charge in [0.2, 0.25) is 5.91 Å². The monoisotopic (exact) mass is 245 g/mol. The van der Waals surface area contributed by atoms with E-state index >= 15 is 0 Å². The zero-order chi connectivity index (χ0) is 12.8. The van der Waals surface area contributed by atoms with Gasteiger partial charge in [-0.2, -0.15) is 0 Å². The van der Waals surface area contributed by atoms with Crippen LogP contribution in [0.4, 0.5) is 0 Å². The topological polar surface area (TPSA) is 29.1 Å². The largest absolute Gasteiger partial charge is 0.355 e. The van der Waals surface area contributed by atoms with Gasteiger partial charge in [0.15, 0.2) is 0 Å². The molecular weight excluding hydrogens is 222 g/mol. The molecule has 0 aromatic heterocycles. The fourth-order valence-electron chi connectivity index (χ4n) is 2.74. The second-order valence-corrected chi connectivity index (χ2v) is 5.61. The van der Waals surface area contributed by atoms with E-state index in [1.807, 2.05) is 18.2 Å². The van der Waals surface area contributed by atoms with Gasteiger partial charge in [-0.3, -0.25) is 4.79 Å². The normalized spacial score (nSPS) is 18.3. The van der Waals surface area contributed by atoms with Gasteiger partial charge in [0.25, 0.3) is 0 Å². The summed E-state index contributed by atoms with van der Waals surface area (Å²) >= 11 is 0. The van der Waals surface area contributed by atoms with Crippen molar-refractivity contribution in [1.29, 1.82) is 0 Å². The van der Waals surface area contributed by atoms with E-state index in [1.54, 1.807) is 0 Å². The van der Waals surface area contributed by atoms with Crippen molar-refractivity contribution < 1.29 is 4.79 Å². The van der Waals surface area contributed by atoms with E-state index in [-0.39, 0.29) is 11.3 Å². The number of carbonyl (C=O) groups is 1. The molecule has 1 saturated carbocycles. The average Bonchev–Trinajstić information content (AvgIpc) is 2.41. The molecule has 98 valence electrons. The van der Waals surface area contributed by atoms with Crippen molar-refractivity contribution in [3.8, 4) is 0 Å². The lowest BCUT2D eigenvalue weighted by molar-refractivity contribution is -0.131. The van der Waals surface area contributed by atoms with Crippen LogP contribution < -0.4 is 5.32 Å². The predicted octanol–water partition coefficient (Wildman–Crippen LogP) is 3.32. The van der Waals surface area contributed by atoms with Crippen LogP contribution in [0.25, 0.3) is 0 Å². The van der Waals surface area contributed by atoms with Gasteiger partial charge < -0.3 is 5.32 Å². The first-order valence-corrected chi connectivity index (χ1v) is 7.03. The number of nitrogens with one attached hydrogen (secondary N) is 1. The highest BCUT2D eigenvalue weighted by Crippen LogP contribution is 2.35. The molecule has 0 heterocycles. The minimum absolute atomic E-state index is 0.116. The van der Waals surface area contributed by atoms with E-state index in [0.717, 1.165) is 25.8 Å². The van der Waals surface area contributed by atoms with E-state index in [9.17, 15) is 4.79 Å². The summed E-state index contributed by atoms with van der Waals surface area (Å²) in [6.07, 6.45) is 6.69. The van der Waals surface area contributed by atoms with E-state index in [4.69, 9.17) is 0 Å². The number of hydrogen-bond acceptors (Lipinski definition) is 1. The number of hydrogen-bond donors (Lipinski definition) is 1. The van der Waals surface area contributed by atoms with Crippen LogP contribution in [0.1, 0.15) is 44.6 Å².